The van der Waals surface area contributed by atoms with E-state index in [0.29, 0.717) is 18.3 Å². The van der Waals surface area contributed by atoms with Crippen molar-refractivity contribution >= 4 is 5.69 Å². The van der Waals surface area contributed by atoms with Crippen molar-refractivity contribution in [2.45, 2.75) is 25.1 Å². The van der Waals surface area contributed by atoms with Crippen LogP contribution in [0.4, 0.5) is 18.9 Å². The summed E-state index contributed by atoms with van der Waals surface area (Å²) in [5, 5.41) is 9.12. The zero-order valence-electron chi connectivity index (χ0n) is 12.1. The molecule has 1 saturated heterocycles. The van der Waals surface area contributed by atoms with Crippen LogP contribution in [0.5, 0.6) is 0 Å². The highest BCUT2D eigenvalue weighted by molar-refractivity contribution is 5.60. The second kappa shape index (κ2) is 5.94. The van der Waals surface area contributed by atoms with Gasteiger partial charge >= 0.3 is 6.18 Å². The molecule has 1 atom stereocenters. The van der Waals surface area contributed by atoms with Gasteiger partial charge in [-0.25, -0.2) is 0 Å². The molecule has 1 unspecified atom stereocenters. The number of alkyl halides is 3. The highest BCUT2D eigenvalue weighted by atomic mass is 19.4. The molecule has 1 heterocycles. The molecule has 0 bridgehead atoms. The first-order valence-corrected chi connectivity index (χ1v) is 6.85. The number of likely N-dealkylation sites (N-methyl/N-ethyl adjacent to an activating group) is 2. The Kier molecular flexibility index (Phi) is 4.43. The summed E-state index contributed by atoms with van der Waals surface area (Å²) in [4.78, 5) is 4.11. The van der Waals surface area contributed by atoms with Crippen molar-refractivity contribution in [2.75, 3.05) is 32.1 Å². The minimum atomic E-state index is -4.42. The number of anilines is 1. The van der Waals surface area contributed by atoms with E-state index in [1.807, 2.05) is 25.1 Å². The van der Waals surface area contributed by atoms with E-state index in [1.54, 1.807) is 0 Å². The fourth-order valence-electron chi connectivity index (χ4n) is 2.76. The SMILES string of the molecule is CN(CC1CCCN1C)c1ccc(C(F)(F)F)cc1C#N. The summed E-state index contributed by atoms with van der Waals surface area (Å²) in [5.74, 6) is 0. The van der Waals surface area contributed by atoms with Crippen LogP contribution in [0.25, 0.3) is 0 Å². The normalized spacial score (nSPS) is 19.5. The molecule has 1 aliphatic heterocycles. The number of nitrogens with zero attached hydrogens (tertiary/aromatic N) is 3. The molecule has 0 aromatic heterocycles. The van der Waals surface area contributed by atoms with Crippen LogP contribution in [-0.2, 0) is 6.18 Å². The number of halogens is 3. The molecule has 0 amide bonds. The standard InChI is InChI=1S/C15H18F3N3/c1-20-7-3-4-13(20)10-21(2)14-6-5-12(15(16,17)18)8-11(14)9-19/h5-6,8,13H,3-4,7,10H2,1-2H3. The van der Waals surface area contributed by atoms with Crippen LogP contribution in [-0.4, -0.2) is 38.1 Å². The van der Waals surface area contributed by atoms with Gasteiger partial charge in [0.2, 0.25) is 0 Å². The van der Waals surface area contributed by atoms with Crippen LogP contribution >= 0.6 is 0 Å². The van der Waals surface area contributed by atoms with E-state index in [1.165, 1.54) is 6.07 Å². The molecule has 1 aliphatic rings. The van der Waals surface area contributed by atoms with Crippen molar-refractivity contribution in [1.82, 2.24) is 4.90 Å². The van der Waals surface area contributed by atoms with E-state index < -0.39 is 11.7 Å². The predicted molar refractivity (Wildman–Crippen MR) is 75.1 cm³/mol. The van der Waals surface area contributed by atoms with E-state index in [2.05, 4.69) is 4.90 Å². The van der Waals surface area contributed by atoms with E-state index in [-0.39, 0.29) is 5.56 Å². The van der Waals surface area contributed by atoms with E-state index in [4.69, 9.17) is 5.26 Å². The lowest BCUT2D eigenvalue weighted by Crippen LogP contribution is -2.36. The molecule has 2 rings (SSSR count). The van der Waals surface area contributed by atoms with Gasteiger partial charge in [-0.15, -0.1) is 0 Å². The molecule has 0 radical (unpaired) electrons. The zero-order chi connectivity index (χ0) is 15.6. The van der Waals surface area contributed by atoms with Gasteiger partial charge in [-0.1, -0.05) is 0 Å². The summed E-state index contributed by atoms with van der Waals surface area (Å²) >= 11 is 0. The van der Waals surface area contributed by atoms with Gasteiger partial charge in [0, 0.05) is 19.6 Å². The van der Waals surface area contributed by atoms with E-state index >= 15 is 0 Å². The third-order valence-corrected chi connectivity index (χ3v) is 4.01. The van der Waals surface area contributed by atoms with Crippen molar-refractivity contribution in [3.05, 3.63) is 29.3 Å². The molecule has 0 aliphatic carbocycles. The van der Waals surface area contributed by atoms with Gasteiger partial charge in [0.05, 0.1) is 16.8 Å². The van der Waals surface area contributed by atoms with Crippen LogP contribution in [0.2, 0.25) is 0 Å². The highest BCUT2D eigenvalue weighted by Gasteiger charge is 2.31. The molecule has 1 aromatic rings. The van der Waals surface area contributed by atoms with Gasteiger partial charge in [0.1, 0.15) is 6.07 Å². The van der Waals surface area contributed by atoms with Gasteiger partial charge in [0.15, 0.2) is 0 Å². The first-order chi connectivity index (χ1) is 9.82. The number of hydrogen-bond donors (Lipinski definition) is 0. The predicted octanol–water partition coefficient (Wildman–Crippen LogP) is 3.11. The maximum absolute atomic E-state index is 12.7. The summed E-state index contributed by atoms with van der Waals surface area (Å²) in [5.41, 5.74) is -0.173. The smallest absolute Gasteiger partial charge is 0.372 e. The quantitative estimate of drug-likeness (QED) is 0.859. The largest absolute Gasteiger partial charge is 0.416 e. The fraction of sp³-hybridized carbons (Fsp3) is 0.533. The van der Waals surface area contributed by atoms with E-state index in [0.717, 1.165) is 31.5 Å². The number of benzene rings is 1. The Labute approximate surface area is 122 Å². The topological polar surface area (TPSA) is 30.3 Å². The van der Waals surface area contributed by atoms with Crippen molar-refractivity contribution in [3.63, 3.8) is 0 Å². The van der Waals surface area contributed by atoms with Crippen molar-refractivity contribution in [1.29, 1.82) is 5.26 Å². The third-order valence-electron chi connectivity index (χ3n) is 4.01. The summed E-state index contributed by atoms with van der Waals surface area (Å²) in [6, 6.07) is 5.59. The van der Waals surface area contributed by atoms with Gasteiger partial charge in [-0.05, 0) is 44.6 Å². The van der Waals surface area contributed by atoms with Crippen molar-refractivity contribution < 1.29 is 13.2 Å². The Morgan fingerprint density at radius 3 is 2.67 bits per heavy atom. The maximum atomic E-state index is 12.7. The molecule has 6 heteroatoms. The lowest BCUT2D eigenvalue weighted by Gasteiger charge is -2.28. The molecule has 114 valence electrons. The van der Waals surface area contributed by atoms with Crippen LogP contribution in [0.15, 0.2) is 18.2 Å². The van der Waals surface area contributed by atoms with Gasteiger partial charge in [0.25, 0.3) is 0 Å². The Morgan fingerprint density at radius 2 is 2.14 bits per heavy atom. The summed E-state index contributed by atoms with van der Waals surface area (Å²) in [7, 11) is 3.86. The number of rotatable bonds is 3. The number of hydrogen-bond acceptors (Lipinski definition) is 3. The Hall–Kier alpha value is -1.74. The molecule has 3 nitrogen and oxygen atoms in total. The summed E-state index contributed by atoms with van der Waals surface area (Å²) < 4.78 is 38.1. The Bertz CT molecular complexity index is 548. The minimum Gasteiger partial charge on any atom is -0.372 e. The van der Waals surface area contributed by atoms with Gasteiger partial charge in [-0.2, -0.15) is 18.4 Å². The molecule has 0 N–H and O–H groups in total. The monoisotopic (exact) mass is 297 g/mol. The zero-order valence-corrected chi connectivity index (χ0v) is 12.1. The average Bonchev–Trinajstić information content (AvgIpc) is 2.82. The summed E-state index contributed by atoms with van der Waals surface area (Å²) in [6.45, 7) is 1.74. The molecule has 1 aromatic carbocycles. The lowest BCUT2D eigenvalue weighted by atomic mass is 10.1. The van der Waals surface area contributed by atoms with Crippen molar-refractivity contribution in [2.24, 2.45) is 0 Å². The second-order valence-electron chi connectivity index (χ2n) is 5.50. The first-order valence-electron chi connectivity index (χ1n) is 6.85. The Morgan fingerprint density at radius 1 is 1.43 bits per heavy atom. The molecule has 1 fully saturated rings. The van der Waals surface area contributed by atoms with Crippen LogP contribution < -0.4 is 4.90 Å². The molecular weight excluding hydrogens is 279 g/mol. The average molecular weight is 297 g/mol. The molecule has 0 spiro atoms. The lowest BCUT2D eigenvalue weighted by molar-refractivity contribution is -0.137. The summed E-state index contributed by atoms with van der Waals surface area (Å²) in [6.07, 6.45) is -2.22. The first kappa shape index (κ1) is 15.6. The van der Waals surface area contributed by atoms with E-state index in [9.17, 15) is 13.2 Å². The fourth-order valence-corrected chi connectivity index (χ4v) is 2.76. The third kappa shape index (κ3) is 3.48. The number of likely N-dealkylation sites (tertiary alicyclic amines) is 1. The van der Waals surface area contributed by atoms with Crippen molar-refractivity contribution in [3.8, 4) is 6.07 Å². The number of nitriles is 1. The van der Waals surface area contributed by atoms with Gasteiger partial charge in [-0.3, -0.25) is 0 Å². The Balaban J connectivity index is 2.21. The minimum absolute atomic E-state index is 0.0629. The molecule has 21 heavy (non-hydrogen) atoms. The maximum Gasteiger partial charge on any atom is 0.416 e. The molecular formula is C15H18F3N3. The van der Waals surface area contributed by atoms with Gasteiger partial charge < -0.3 is 9.80 Å². The van der Waals surface area contributed by atoms with Crippen LogP contribution in [0.3, 0.4) is 0 Å². The molecule has 0 saturated carbocycles. The second-order valence-corrected chi connectivity index (χ2v) is 5.50. The van der Waals surface area contributed by atoms with Crippen LogP contribution in [0.1, 0.15) is 24.0 Å². The highest BCUT2D eigenvalue weighted by Crippen LogP contribution is 2.32. The van der Waals surface area contributed by atoms with Crippen LogP contribution in [0, 0.1) is 11.3 Å².